The standard InChI is InChI=1S/C11H23OP.C11H20O.C11H22.C11H20/c1-7-8(2)10(12-13)6-11(4,5)9(7)3;1-7-8(2)11(5)9(12-11)6-10(7,3)4;2*1-8-6-7-11(4,5)10(3)9(8)2/h7-10H,6,13H2,1-5H3;7-9H,6H2,1-5H3;8-10H,6-7H2,1-5H3;6,9-10H,7H2,1-5H3. The number of fused-ring (bicyclic) bond motifs is 1. The highest BCUT2D eigenvalue weighted by Gasteiger charge is 2.63. The molecule has 0 aromatic carbocycles. The summed E-state index contributed by atoms with van der Waals surface area (Å²) in [4.78, 5) is 0. The van der Waals surface area contributed by atoms with Gasteiger partial charge in [-0.15, -0.1) is 0 Å². The summed E-state index contributed by atoms with van der Waals surface area (Å²) in [5.74, 6) is 8.08. The summed E-state index contributed by atoms with van der Waals surface area (Å²) < 4.78 is 11.3. The van der Waals surface area contributed by atoms with Crippen LogP contribution in [-0.2, 0) is 9.26 Å². The zero-order valence-electron chi connectivity index (χ0n) is 35.4. The van der Waals surface area contributed by atoms with Crippen LogP contribution in [0.15, 0.2) is 11.6 Å². The molecule has 14 atom stereocenters. The molecule has 1 saturated heterocycles. The Labute approximate surface area is 298 Å². The van der Waals surface area contributed by atoms with Gasteiger partial charge in [-0.2, -0.15) is 0 Å². The molecule has 0 N–H and O–H groups in total. The molecule has 1 aliphatic heterocycles. The Hall–Kier alpha value is 0.0900. The van der Waals surface area contributed by atoms with Crippen molar-refractivity contribution in [2.24, 2.45) is 80.8 Å². The monoisotopic (exact) mass is 677 g/mol. The fourth-order valence-electron chi connectivity index (χ4n) is 9.48. The Kier molecular flexibility index (Phi) is 14.5. The van der Waals surface area contributed by atoms with E-state index in [0.717, 1.165) is 47.3 Å². The average molecular weight is 677 g/mol. The van der Waals surface area contributed by atoms with Gasteiger partial charge in [0.15, 0.2) is 0 Å². The van der Waals surface area contributed by atoms with E-state index in [2.05, 4.69) is 154 Å². The minimum absolute atomic E-state index is 0.231. The molecule has 0 aromatic rings. The van der Waals surface area contributed by atoms with Gasteiger partial charge in [-0.3, -0.25) is 0 Å². The molecule has 0 radical (unpaired) electrons. The Morgan fingerprint density at radius 3 is 1.62 bits per heavy atom. The number of allylic oxidation sites excluding steroid dienone is 2. The van der Waals surface area contributed by atoms with Crippen molar-refractivity contribution in [2.45, 2.75) is 188 Å². The van der Waals surface area contributed by atoms with E-state index in [1.165, 1.54) is 32.1 Å². The minimum Gasteiger partial charge on any atom is -0.366 e. The average Bonchev–Trinajstić information content (AvgIpc) is 3.65. The Bertz CT molecular complexity index is 1020. The molecule has 4 fully saturated rings. The van der Waals surface area contributed by atoms with E-state index in [-0.39, 0.29) is 5.60 Å². The third-order valence-corrected chi connectivity index (χ3v) is 17.1. The minimum atomic E-state index is 0.231. The molecule has 0 bridgehead atoms. The van der Waals surface area contributed by atoms with Gasteiger partial charge in [0.25, 0.3) is 0 Å². The molecular weight excluding hydrogens is 591 g/mol. The lowest BCUT2D eigenvalue weighted by atomic mass is 9.60. The molecule has 5 aliphatic rings. The second-order valence-corrected chi connectivity index (χ2v) is 21.1. The van der Waals surface area contributed by atoms with Crippen molar-refractivity contribution < 1.29 is 9.26 Å². The third kappa shape index (κ3) is 9.91. The fraction of sp³-hybridized carbons (Fsp3) is 0.955. The summed E-state index contributed by atoms with van der Waals surface area (Å²) in [6.07, 6.45) is 9.91. The Morgan fingerprint density at radius 2 is 1.13 bits per heavy atom. The quantitative estimate of drug-likeness (QED) is 0.157. The SMILES string of the molecule is CC1=CCC(C)(C)C(C)C1C.CC1C(C)C2(C)OC2CC1(C)C.CC1C(OP)CC(C)(C)C(C)C1C.CC1CCC(C)(C)C(C)C1C. The van der Waals surface area contributed by atoms with Crippen molar-refractivity contribution in [3.63, 3.8) is 0 Å². The van der Waals surface area contributed by atoms with Crippen LogP contribution in [0.5, 0.6) is 0 Å². The predicted molar refractivity (Wildman–Crippen MR) is 211 cm³/mol. The molecule has 3 heteroatoms. The second-order valence-electron chi connectivity index (χ2n) is 20.8. The van der Waals surface area contributed by atoms with Crippen molar-refractivity contribution in [3.8, 4) is 0 Å². The van der Waals surface area contributed by atoms with Crippen LogP contribution < -0.4 is 0 Å². The van der Waals surface area contributed by atoms with Gasteiger partial charge in [0.05, 0.1) is 17.8 Å². The summed E-state index contributed by atoms with van der Waals surface area (Å²) in [6, 6.07) is 0. The van der Waals surface area contributed by atoms with Crippen LogP contribution in [0, 0.1) is 80.8 Å². The van der Waals surface area contributed by atoms with Crippen molar-refractivity contribution in [1.82, 2.24) is 0 Å². The van der Waals surface area contributed by atoms with Crippen LogP contribution in [0.1, 0.15) is 171 Å². The van der Waals surface area contributed by atoms with Gasteiger partial charge in [-0.05, 0) is 127 Å². The topological polar surface area (TPSA) is 21.8 Å². The number of rotatable bonds is 1. The molecule has 278 valence electrons. The summed E-state index contributed by atoms with van der Waals surface area (Å²) in [6.45, 7) is 47.3. The van der Waals surface area contributed by atoms with E-state index in [1.807, 2.05) is 0 Å². The largest absolute Gasteiger partial charge is 0.366 e. The molecule has 3 saturated carbocycles. The van der Waals surface area contributed by atoms with Crippen molar-refractivity contribution in [1.29, 1.82) is 0 Å². The van der Waals surface area contributed by atoms with E-state index < -0.39 is 0 Å². The Morgan fingerprint density at radius 1 is 0.617 bits per heavy atom. The first-order valence-corrected chi connectivity index (χ1v) is 20.3. The molecule has 5 rings (SSSR count). The predicted octanol–water partition coefficient (Wildman–Crippen LogP) is 13.7. The van der Waals surface area contributed by atoms with Gasteiger partial charge >= 0.3 is 0 Å². The molecule has 0 spiro atoms. The summed E-state index contributed by atoms with van der Waals surface area (Å²) in [5, 5.41) is 0. The molecule has 0 aromatic heterocycles. The van der Waals surface area contributed by atoms with Crippen molar-refractivity contribution in [3.05, 3.63) is 11.6 Å². The van der Waals surface area contributed by atoms with Gasteiger partial charge in [0.1, 0.15) is 0 Å². The maximum absolute atomic E-state index is 5.78. The van der Waals surface area contributed by atoms with Gasteiger partial charge in [0.2, 0.25) is 0 Å². The Balaban J connectivity index is 0.000000218. The maximum atomic E-state index is 5.78. The zero-order chi connectivity index (χ0) is 36.7. The second kappa shape index (κ2) is 15.8. The number of hydrogen-bond donors (Lipinski definition) is 0. The lowest BCUT2D eigenvalue weighted by Crippen LogP contribution is -2.44. The molecule has 47 heavy (non-hydrogen) atoms. The van der Waals surface area contributed by atoms with Crippen LogP contribution in [-0.4, -0.2) is 17.8 Å². The van der Waals surface area contributed by atoms with Gasteiger partial charge in [0, 0.05) is 9.47 Å². The maximum Gasteiger partial charge on any atom is 0.0948 e. The van der Waals surface area contributed by atoms with Crippen LogP contribution in [0.2, 0.25) is 0 Å². The molecule has 4 aliphatic carbocycles. The molecule has 0 amide bonds. The highest BCUT2D eigenvalue weighted by Crippen LogP contribution is 2.59. The first kappa shape index (κ1) is 43.3. The van der Waals surface area contributed by atoms with Crippen LogP contribution in [0.25, 0.3) is 0 Å². The summed E-state index contributed by atoms with van der Waals surface area (Å²) in [7, 11) is 2.43. The summed E-state index contributed by atoms with van der Waals surface area (Å²) in [5.41, 5.74) is 3.81. The number of epoxide rings is 1. The van der Waals surface area contributed by atoms with E-state index in [1.54, 1.807) is 5.57 Å². The molecule has 14 unspecified atom stereocenters. The van der Waals surface area contributed by atoms with Crippen molar-refractivity contribution in [2.75, 3.05) is 0 Å². The van der Waals surface area contributed by atoms with E-state index >= 15 is 0 Å². The first-order valence-electron chi connectivity index (χ1n) is 19.9. The lowest BCUT2D eigenvalue weighted by Gasteiger charge is -2.48. The third-order valence-electron chi connectivity index (χ3n) is 16.7. The van der Waals surface area contributed by atoms with Gasteiger partial charge in [-0.25, -0.2) is 0 Å². The first-order chi connectivity index (χ1) is 21.2. The highest BCUT2D eigenvalue weighted by atomic mass is 31.0. The molecular formula is C44H85O2P. The lowest BCUT2D eigenvalue weighted by molar-refractivity contribution is -0.0273. The normalized spacial score (nSPS) is 45.6. The van der Waals surface area contributed by atoms with Crippen LogP contribution in [0.3, 0.4) is 0 Å². The summed E-state index contributed by atoms with van der Waals surface area (Å²) >= 11 is 0. The zero-order valence-corrected chi connectivity index (χ0v) is 36.6. The van der Waals surface area contributed by atoms with E-state index in [0.29, 0.717) is 45.7 Å². The number of ether oxygens (including phenoxy) is 1. The van der Waals surface area contributed by atoms with Gasteiger partial charge < -0.3 is 9.26 Å². The van der Waals surface area contributed by atoms with Crippen LogP contribution >= 0.6 is 9.47 Å². The highest BCUT2D eigenvalue weighted by molar-refractivity contribution is 7.09. The van der Waals surface area contributed by atoms with Crippen LogP contribution in [0.4, 0.5) is 0 Å². The van der Waals surface area contributed by atoms with Gasteiger partial charge in [-0.1, -0.05) is 136 Å². The van der Waals surface area contributed by atoms with Crippen molar-refractivity contribution >= 4 is 9.47 Å². The molecule has 1 heterocycles. The molecule has 2 nitrogen and oxygen atoms in total. The number of hydrogen-bond acceptors (Lipinski definition) is 2. The fourth-order valence-corrected chi connectivity index (χ4v) is 9.83. The van der Waals surface area contributed by atoms with E-state index in [9.17, 15) is 0 Å². The van der Waals surface area contributed by atoms with E-state index in [4.69, 9.17) is 9.26 Å². The smallest absolute Gasteiger partial charge is 0.0948 e.